The van der Waals surface area contributed by atoms with Crippen LogP contribution in [0, 0.1) is 5.82 Å². The maximum Gasteiger partial charge on any atom is 0.272 e. The van der Waals surface area contributed by atoms with Crippen molar-refractivity contribution in [3.05, 3.63) is 48.0 Å². The zero-order valence-electron chi connectivity index (χ0n) is 15.8. The minimum absolute atomic E-state index is 0.0649. The molecule has 0 bridgehead atoms. The summed E-state index contributed by atoms with van der Waals surface area (Å²) in [6.45, 7) is 5.12. The Hall–Kier alpha value is -2.41. The van der Waals surface area contributed by atoms with Gasteiger partial charge in [-0.25, -0.2) is 4.39 Å². The highest BCUT2D eigenvalue weighted by molar-refractivity contribution is 5.92. The second kappa shape index (κ2) is 8.08. The maximum absolute atomic E-state index is 13.0. The Kier molecular flexibility index (Phi) is 5.79. The summed E-state index contributed by atoms with van der Waals surface area (Å²) in [7, 11) is 0. The quantitative estimate of drug-likeness (QED) is 0.872. The van der Waals surface area contributed by atoms with Crippen LogP contribution >= 0.6 is 0 Å². The molecule has 27 heavy (non-hydrogen) atoms. The van der Waals surface area contributed by atoms with Gasteiger partial charge in [-0.05, 0) is 63.4 Å². The predicted molar refractivity (Wildman–Crippen MR) is 99.2 cm³/mol. The summed E-state index contributed by atoms with van der Waals surface area (Å²) >= 11 is 0. The Balaban J connectivity index is 1.61. The van der Waals surface area contributed by atoms with E-state index in [1.807, 2.05) is 13.8 Å². The van der Waals surface area contributed by atoms with Gasteiger partial charge in [0.15, 0.2) is 0 Å². The Bertz CT molecular complexity index is 775. The van der Waals surface area contributed by atoms with Crippen molar-refractivity contribution in [1.29, 1.82) is 0 Å². The minimum atomic E-state index is -1.01. The normalized spacial score (nSPS) is 20.6. The number of ether oxygens (including phenoxy) is 1. The number of likely N-dealkylation sites (tertiary alicyclic amines) is 1. The number of carbonyl (C=O) groups excluding carboxylic acids is 1. The van der Waals surface area contributed by atoms with E-state index in [0.717, 1.165) is 0 Å². The first kappa shape index (κ1) is 19.4. The SMILES string of the molecule is CC(C)n1nccc1C(=O)N1CCCC(O)(COc2ccc(F)cc2)CC1. The number of halogens is 1. The van der Waals surface area contributed by atoms with Crippen LogP contribution in [-0.4, -0.2) is 51.0 Å². The highest BCUT2D eigenvalue weighted by atomic mass is 19.1. The molecule has 146 valence electrons. The summed E-state index contributed by atoms with van der Waals surface area (Å²) in [5.41, 5.74) is -0.445. The summed E-state index contributed by atoms with van der Waals surface area (Å²) in [5, 5.41) is 15.1. The van der Waals surface area contributed by atoms with Crippen LogP contribution in [0.1, 0.15) is 49.6 Å². The molecule has 1 aliphatic heterocycles. The molecule has 0 radical (unpaired) electrons. The molecule has 2 aromatic rings. The number of aromatic nitrogens is 2. The fourth-order valence-corrected chi connectivity index (χ4v) is 3.33. The number of rotatable bonds is 5. The maximum atomic E-state index is 13.0. The molecule has 7 heteroatoms. The molecule has 2 heterocycles. The summed E-state index contributed by atoms with van der Waals surface area (Å²) in [6, 6.07) is 7.57. The molecule has 1 aromatic carbocycles. The van der Waals surface area contributed by atoms with Gasteiger partial charge in [-0.1, -0.05) is 0 Å². The molecule has 1 amide bonds. The largest absolute Gasteiger partial charge is 0.491 e. The van der Waals surface area contributed by atoms with Gasteiger partial charge in [0.05, 0.1) is 0 Å². The lowest BCUT2D eigenvalue weighted by atomic mass is 9.96. The minimum Gasteiger partial charge on any atom is -0.491 e. The number of hydrogen-bond acceptors (Lipinski definition) is 4. The molecule has 3 rings (SSSR count). The lowest BCUT2D eigenvalue weighted by molar-refractivity contribution is -0.0163. The van der Waals surface area contributed by atoms with E-state index >= 15 is 0 Å². The van der Waals surface area contributed by atoms with Crippen molar-refractivity contribution in [3.63, 3.8) is 0 Å². The average molecular weight is 375 g/mol. The van der Waals surface area contributed by atoms with Crippen LogP contribution in [0.2, 0.25) is 0 Å². The molecular formula is C20H26FN3O3. The molecule has 1 aromatic heterocycles. The van der Waals surface area contributed by atoms with Gasteiger partial charge in [-0.3, -0.25) is 9.48 Å². The third-order valence-electron chi connectivity index (χ3n) is 4.90. The lowest BCUT2D eigenvalue weighted by Crippen LogP contribution is -2.38. The first-order valence-electron chi connectivity index (χ1n) is 9.31. The molecule has 1 fully saturated rings. The fraction of sp³-hybridized carbons (Fsp3) is 0.500. The monoisotopic (exact) mass is 375 g/mol. The van der Waals surface area contributed by atoms with Crippen LogP contribution in [0.3, 0.4) is 0 Å². The Morgan fingerprint density at radius 2 is 2.00 bits per heavy atom. The smallest absolute Gasteiger partial charge is 0.272 e. The summed E-state index contributed by atoms with van der Waals surface area (Å²) in [4.78, 5) is 14.6. The van der Waals surface area contributed by atoms with Crippen LogP contribution < -0.4 is 4.74 Å². The Morgan fingerprint density at radius 1 is 1.26 bits per heavy atom. The van der Waals surface area contributed by atoms with Crippen molar-refractivity contribution in [2.45, 2.75) is 44.8 Å². The Labute approximate surface area is 158 Å². The van der Waals surface area contributed by atoms with Crippen molar-refractivity contribution < 1.29 is 19.0 Å². The third kappa shape index (κ3) is 4.66. The number of carbonyl (C=O) groups is 1. The molecule has 1 saturated heterocycles. The second-order valence-electron chi connectivity index (χ2n) is 7.37. The van der Waals surface area contributed by atoms with E-state index in [9.17, 15) is 14.3 Å². The van der Waals surface area contributed by atoms with E-state index in [4.69, 9.17) is 4.74 Å². The van der Waals surface area contributed by atoms with Gasteiger partial charge in [-0.15, -0.1) is 0 Å². The van der Waals surface area contributed by atoms with E-state index in [-0.39, 0.29) is 24.4 Å². The van der Waals surface area contributed by atoms with Gasteiger partial charge in [-0.2, -0.15) is 5.10 Å². The predicted octanol–water partition coefficient (Wildman–Crippen LogP) is 3.04. The first-order valence-corrected chi connectivity index (χ1v) is 9.31. The molecule has 6 nitrogen and oxygen atoms in total. The highest BCUT2D eigenvalue weighted by Crippen LogP contribution is 2.25. The number of amides is 1. The zero-order valence-corrected chi connectivity index (χ0v) is 15.8. The molecule has 1 aliphatic rings. The zero-order chi connectivity index (χ0) is 19.4. The van der Waals surface area contributed by atoms with E-state index in [1.54, 1.807) is 21.8 Å². The van der Waals surface area contributed by atoms with Crippen LogP contribution in [-0.2, 0) is 0 Å². The number of benzene rings is 1. The van der Waals surface area contributed by atoms with Crippen LogP contribution in [0.25, 0.3) is 0 Å². The average Bonchev–Trinajstić information content (AvgIpc) is 3.06. The summed E-state index contributed by atoms with van der Waals surface area (Å²) < 4.78 is 20.3. The standard InChI is InChI=1S/C20H26FN3O3/c1-15(2)24-18(8-11-22-24)19(25)23-12-3-9-20(26,10-13-23)14-27-17-6-4-16(21)5-7-17/h4-8,11,15,26H,3,9-10,12-14H2,1-2H3. The lowest BCUT2D eigenvalue weighted by Gasteiger charge is -2.27. The van der Waals surface area contributed by atoms with E-state index < -0.39 is 5.60 Å². The summed E-state index contributed by atoms with van der Waals surface area (Å²) in [5.74, 6) is 0.123. The summed E-state index contributed by atoms with van der Waals surface area (Å²) in [6.07, 6.45) is 3.29. The number of aliphatic hydroxyl groups is 1. The van der Waals surface area contributed by atoms with Gasteiger partial charge >= 0.3 is 0 Å². The van der Waals surface area contributed by atoms with Gasteiger partial charge in [0.25, 0.3) is 5.91 Å². The van der Waals surface area contributed by atoms with Crippen molar-refractivity contribution in [1.82, 2.24) is 14.7 Å². The fourth-order valence-electron chi connectivity index (χ4n) is 3.33. The molecule has 0 aliphatic carbocycles. The van der Waals surface area contributed by atoms with Crippen molar-refractivity contribution >= 4 is 5.91 Å². The number of nitrogens with zero attached hydrogens (tertiary/aromatic N) is 3. The molecule has 1 unspecified atom stereocenters. The molecule has 0 saturated carbocycles. The van der Waals surface area contributed by atoms with Crippen molar-refractivity contribution in [3.8, 4) is 5.75 Å². The third-order valence-corrected chi connectivity index (χ3v) is 4.90. The van der Waals surface area contributed by atoms with Gasteiger partial charge < -0.3 is 14.7 Å². The number of hydrogen-bond donors (Lipinski definition) is 1. The van der Waals surface area contributed by atoms with E-state index in [0.29, 0.717) is 43.8 Å². The highest BCUT2D eigenvalue weighted by Gasteiger charge is 2.33. The van der Waals surface area contributed by atoms with Gasteiger partial charge in [0.1, 0.15) is 29.5 Å². The van der Waals surface area contributed by atoms with Gasteiger partial charge in [0.2, 0.25) is 0 Å². The molecule has 0 spiro atoms. The van der Waals surface area contributed by atoms with E-state index in [1.165, 1.54) is 24.3 Å². The topological polar surface area (TPSA) is 67.6 Å². The second-order valence-corrected chi connectivity index (χ2v) is 7.37. The molecule has 1 N–H and O–H groups in total. The van der Waals surface area contributed by atoms with Crippen molar-refractivity contribution in [2.75, 3.05) is 19.7 Å². The molecule has 1 atom stereocenters. The first-order chi connectivity index (χ1) is 12.9. The Morgan fingerprint density at radius 3 is 2.70 bits per heavy atom. The van der Waals surface area contributed by atoms with E-state index in [2.05, 4.69) is 5.10 Å². The van der Waals surface area contributed by atoms with Crippen molar-refractivity contribution in [2.24, 2.45) is 0 Å². The van der Waals surface area contributed by atoms with Crippen LogP contribution in [0.5, 0.6) is 5.75 Å². The van der Waals surface area contributed by atoms with Crippen LogP contribution in [0.4, 0.5) is 4.39 Å². The van der Waals surface area contributed by atoms with Crippen LogP contribution in [0.15, 0.2) is 36.5 Å². The van der Waals surface area contributed by atoms with Gasteiger partial charge in [0, 0.05) is 25.3 Å². The molecular weight excluding hydrogens is 349 g/mol.